The summed E-state index contributed by atoms with van der Waals surface area (Å²) in [4.78, 5) is 50.0. The van der Waals surface area contributed by atoms with Gasteiger partial charge in [-0.15, -0.1) is 4.98 Å². The van der Waals surface area contributed by atoms with Crippen LogP contribution in [0.1, 0.15) is 81.4 Å². The number of nitrogens with two attached hydrogens (primary N) is 1. The topological polar surface area (TPSA) is 198 Å². The highest BCUT2D eigenvalue weighted by Gasteiger charge is 2.60. The number of rotatable bonds is 6. The summed E-state index contributed by atoms with van der Waals surface area (Å²) in [5.41, 5.74) is 1.26. The molecule has 61 heavy (non-hydrogen) atoms. The summed E-state index contributed by atoms with van der Waals surface area (Å²) in [5, 5.41) is 24.9. The number of anilines is 4. The van der Waals surface area contributed by atoms with E-state index in [1.54, 1.807) is 13.0 Å². The third kappa shape index (κ3) is 9.02. The summed E-state index contributed by atoms with van der Waals surface area (Å²) in [7, 11) is 2.79. The number of hydrogen-bond acceptors (Lipinski definition) is 10. The Hall–Kier alpha value is -7.24. The van der Waals surface area contributed by atoms with Gasteiger partial charge < -0.3 is 31.4 Å². The van der Waals surface area contributed by atoms with Crippen LogP contribution in [0.25, 0.3) is 4.85 Å². The number of carbonyl (C=O) groups is 3. The molecule has 2 aliphatic carbocycles. The Morgan fingerprint density at radius 1 is 0.967 bits per heavy atom. The van der Waals surface area contributed by atoms with E-state index in [0.717, 1.165) is 18.3 Å². The maximum absolute atomic E-state index is 14.7. The predicted molar refractivity (Wildman–Crippen MR) is 218 cm³/mol. The molecule has 20 heteroatoms. The fourth-order valence-electron chi connectivity index (χ4n) is 6.23. The summed E-state index contributed by atoms with van der Waals surface area (Å²) in [6, 6.07) is 13.2. The largest absolute Gasteiger partial charge is 0.419 e. The van der Waals surface area contributed by atoms with Crippen LogP contribution in [0.2, 0.25) is 0 Å². The van der Waals surface area contributed by atoms with Gasteiger partial charge in [0.15, 0.2) is 10.8 Å². The van der Waals surface area contributed by atoms with Crippen molar-refractivity contribution in [1.82, 2.24) is 20.6 Å². The molecule has 3 fully saturated rings. The monoisotopic (exact) mass is 861 g/mol. The second-order valence-corrected chi connectivity index (χ2v) is 13.7. The van der Waals surface area contributed by atoms with Gasteiger partial charge in [-0.1, -0.05) is 6.57 Å². The molecule has 1 saturated heterocycles. The van der Waals surface area contributed by atoms with Crippen LogP contribution in [-0.4, -0.2) is 58.0 Å². The highest BCUT2D eigenvalue weighted by Crippen LogP contribution is 2.48. The lowest BCUT2D eigenvalue weighted by atomic mass is 9.75. The van der Waals surface area contributed by atoms with Gasteiger partial charge in [-0.05, 0) is 112 Å². The normalized spacial score (nSPS) is 21.3. The Labute approximate surface area is 357 Å². The number of halogens is 5. The SMILES string of the molecule is N#Cc1ncc(N)cc1C(F)(F)F.[2H]C1([2H])CCC1(C#N)Nc1ccc(C(=O)NC)c(F)c1.[2H]C1([2H])CCC12C(=O)N(c1cnc([N+]#[C-])c(C)c1)C(=S)N2c1ccc(C(=O)NC)c(F)c1. The zero-order valence-electron chi connectivity index (χ0n) is 36.3. The van der Waals surface area contributed by atoms with E-state index in [2.05, 4.69) is 30.8 Å². The molecule has 14 nitrogen and oxygen atoms in total. The number of amides is 3. The summed E-state index contributed by atoms with van der Waals surface area (Å²) in [6.45, 7) is 8.84. The zero-order valence-corrected chi connectivity index (χ0v) is 33.1. The molecule has 2 aromatic heterocycles. The Morgan fingerprint density at radius 2 is 1.61 bits per heavy atom. The summed E-state index contributed by atoms with van der Waals surface area (Å²) in [6.07, 6.45) is -4.86. The molecule has 2 aromatic carbocycles. The number of aryl methyl sites for hydroxylation is 1. The number of alkyl halides is 3. The van der Waals surface area contributed by atoms with Crippen molar-refractivity contribution in [3.05, 3.63) is 112 Å². The predicted octanol–water partition coefficient (Wildman–Crippen LogP) is 7.10. The number of aromatic nitrogens is 2. The van der Waals surface area contributed by atoms with Crippen LogP contribution in [-0.2, 0) is 11.0 Å². The Kier molecular flexibility index (Phi) is 11.5. The van der Waals surface area contributed by atoms with Crippen molar-refractivity contribution in [2.24, 2.45) is 0 Å². The molecule has 2 unspecified atom stereocenters. The Morgan fingerprint density at radius 3 is 2.07 bits per heavy atom. The second-order valence-electron chi connectivity index (χ2n) is 13.4. The number of benzene rings is 2. The number of thiocarbonyl (C=S) groups is 1. The molecule has 1 spiro atoms. The van der Waals surface area contributed by atoms with Crippen LogP contribution in [0.3, 0.4) is 0 Å². The first-order valence-corrected chi connectivity index (χ1v) is 18.3. The Balaban J connectivity index is 0.000000204. The average molecular weight is 862 g/mol. The van der Waals surface area contributed by atoms with Crippen LogP contribution in [0.15, 0.2) is 60.9 Å². The molecule has 4 aromatic rings. The second kappa shape index (κ2) is 17.9. The van der Waals surface area contributed by atoms with Crippen LogP contribution in [0, 0.1) is 47.8 Å². The number of hydrogen-bond donors (Lipinski definition) is 4. The zero-order chi connectivity index (χ0) is 48.4. The molecule has 3 amide bonds. The van der Waals surface area contributed by atoms with Crippen molar-refractivity contribution in [2.75, 3.05) is 34.9 Å². The maximum atomic E-state index is 14.7. The van der Waals surface area contributed by atoms with Crippen molar-refractivity contribution < 1.29 is 41.8 Å². The molecule has 0 bridgehead atoms. The van der Waals surface area contributed by atoms with Gasteiger partial charge in [0.2, 0.25) is 0 Å². The number of nitrogen functional groups attached to an aromatic ring is 1. The van der Waals surface area contributed by atoms with Gasteiger partial charge in [-0.25, -0.2) is 13.8 Å². The summed E-state index contributed by atoms with van der Waals surface area (Å²) < 4.78 is 97.5. The van der Waals surface area contributed by atoms with Gasteiger partial charge >= 0.3 is 6.18 Å². The number of carbonyl (C=O) groups excluding carboxylic acids is 3. The van der Waals surface area contributed by atoms with Crippen LogP contribution >= 0.6 is 12.2 Å². The first-order chi connectivity index (χ1) is 30.4. The number of nitrogens with zero attached hydrogens (tertiary/aromatic N) is 7. The third-order valence-electron chi connectivity index (χ3n) is 9.54. The molecular formula is C41H36F5N11O3S. The molecular weight excluding hydrogens is 822 g/mol. The minimum absolute atomic E-state index is 0.0255. The quantitative estimate of drug-likeness (QED) is 0.0877. The number of nitriles is 2. The van der Waals surface area contributed by atoms with Crippen LogP contribution in [0.5, 0.6) is 0 Å². The summed E-state index contributed by atoms with van der Waals surface area (Å²) in [5.74, 6) is -3.07. The maximum Gasteiger partial charge on any atom is 0.419 e. The molecule has 3 heterocycles. The van der Waals surface area contributed by atoms with Crippen molar-refractivity contribution in [3.63, 3.8) is 0 Å². The smallest absolute Gasteiger partial charge is 0.397 e. The van der Waals surface area contributed by atoms with E-state index in [1.807, 2.05) is 6.07 Å². The van der Waals surface area contributed by atoms with Crippen LogP contribution in [0.4, 0.5) is 50.5 Å². The molecule has 2 atom stereocenters. The Bertz CT molecular complexity index is 2740. The lowest BCUT2D eigenvalue weighted by Crippen LogP contribution is -2.55. The van der Waals surface area contributed by atoms with Gasteiger partial charge in [-0.3, -0.25) is 19.3 Å². The van der Waals surface area contributed by atoms with Gasteiger partial charge in [0.1, 0.15) is 35.0 Å². The van der Waals surface area contributed by atoms with Gasteiger partial charge in [0.05, 0.1) is 40.3 Å². The standard InChI is InChI=1S/C21H18FN5O2S.C13H14FN3O.C7H4F3N3/c1-12-9-14(11-25-17(12)23-2)26-19(29)21(7-4-8-21)27(20(26)30)13-5-6-15(16(22)10-13)18(28)24-3;1-16-12(18)10-4-3-9(7-11(10)14)17-13(8-15)5-2-6-13;8-7(9,10)5-1-4(12)3-13-6(5)2-11/h5-6,9-11H,4,7-8H2,1,3H3,(H,24,28);3-4,7,17H,2,5-6H2,1H3,(H,16,18);1,3H,12H2/i7D2;5D2;. The lowest BCUT2D eigenvalue weighted by molar-refractivity contribution is -0.138. The first kappa shape index (κ1) is 39.2. The highest BCUT2D eigenvalue weighted by atomic mass is 32.1. The van der Waals surface area contributed by atoms with E-state index >= 15 is 0 Å². The van der Waals surface area contributed by atoms with E-state index in [0.29, 0.717) is 23.7 Å². The van der Waals surface area contributed by atoms with Gasteiger partial charge in [-0.2, -0.15) is 23.7 Å². The molecule has 7 rings (SSSR count). The molecule has 2 saturated carbocycles. The van der Waals surface area contributed by atoms with E-state index in [1.165, 1.54) is 60.4 Å². The van der Waals surface area contributed by atoms with Crippen LogP contribution < -0.4 is 31.5 Å². The minimum Gasteiger partial charge on any atom is -0.397 e. The number of nitrogens with one attached hydrogen (secondary N) is 3. The highest BCUT2D eigenvalue weighted by molar-refractivity contribution is 7.81. The van der Waals surface area contributed by atoms with E-state index in [-0.39, 0.29) is 58.4 Å². The van der Waals surface area contributed by atoms with E-state index < -0.39 is 70.6 Å². The molecule has 0 radical (unpaired) electrons. The number of pyridine rings is 2. The van der Waals surface area contributed by atoms with Gasteiger partial charge in [0, 0.05) is 31.0 Å². The third-order valence-corrected chi connectivity index (χ3v) is 9.91. The van der Waals surface area contributed by atoms with Crippen molar-refractivity contribution in [3.8, 4) is 12.1 Å². The average Bonchev–Trinajstić information content (AvgIpc) is 3.51. The summed E-state index contributed by atoms with van der Waals surface area (Å²) >= 11 is 5.58. The molecule has 314 valence electrons. The lowest BCUT2D eigenvalue weighted by Gasteiger charge is -2.43. The van der Waals surface area contributed by atoms with Gasteiger partial charge in [0.25, 0.3) is 23.5 Å². The first-order valence-electron chi connectivity index (χ1n) is 19.9. The fourth-order valence-corrected chi connectivity index (χ4v) is 6.68. The minimum atomic E-state index is -4.59. The fraction of sp³-hybridized carbons (Fsp3) is 0.293. The molecule has 5 N–H and O–H groups in total. The molecule has 3 aliphatic rings. The van der Waals surface area contributed by atoms with Crippen molar-refractivity contribution >= 4 is 63.6 Å². The van der Waals surface area contributed by atoms with E-state index in [4.69, 9.17) is 35.3 Å². The van der Waals surface area contributed by atoms with Crippen molar-refractivity contribution in [2.45, 2.75) is 62.6 Å². The molecule has 1 aliphatic heterocycles. The van der Waals surface area contributed by atoms with E-state index in [9.17, 15) is 41.6 Å². The van der Waals surface area contributed by atoms with Crippen molar-refractivity contribution in [1.29, 1.82) is 10.5 Å².